The molecule has 10 heterocycles. The van der Waals surface area contributed by atoms with Crippen molar-refractivity contribution in [3.05, 3.63) is 24.3 Å². The van der Waals surface area contributed by atoms with Crippen LogP contribution in [0.15, 0.2) is 24.3 Å². The van der Waals surface area contributed by atoms with Gasteiger partial charge in [-0.1, -0.05) is 20.1 Å². The van der Waals surface area contributed by atoms with Crippen LogP contribution in [0.4, 0.5) is 0 Å². The maximum absolute atomic E-state index is 14.1. The van der Waals surface area contributed by atoms with Crippen molar-refractivity contribution in [1.82, 2.24) is 0 Å². The van der Waals surface area contributed by atoms with Crippen LogP contribution in [0.25, 0.3) is 0 Å². The highest BCUT2D eigenvalue weighted by molar-refractivity contribution is 5.79. The third kappa shape index (κ3) is 6.59. The quantitative estimate of drug-likeness (QED) is 0.409. The van der Waals surface area contributed by atoms with Crippen molar-refractivity contribution < 1.29 is 52.5 Å². The number of nitrogens with two attached hydrogens (primary N) is 1. The lowest BCUT2D eigenvalue weighted by molar-refractivity contribution is -0.292. The van der Waals surface area contributed by atoms with Crippen LogP contribution in [0.3, 0.4) is 0 Å². The van der Waals surface area contributed by atoms with Gasteiger partial charge in [0.25, 0.3) is 0 Å². The number of hydrogen-bond donors (Lipinski definition) is 2. The summed E-state index contributed by atoms with van der Waals surface area (Å²) in [5.41, 5.74) is 8.01. The fourth-order valence-corrected chi connectivity index (χ4v) is 11.3. The van der Waals surface area contributed by atoms with Gasteiger partial charge >= 0.3 is 0 Å². The molecule has 0 amide bonds. The van der Waals surface area contributed by atoms with Crippen molar-refractivity contribution in [3.63, 3.8) is 0 Å². The Morgan fingerprint density at radius 2 is 1.56 bits per heavy atom. The second-order valence-corrected chi connectivity index (χ2v) is 17.4. The molecule has 0 aliphatic carbocycles. The molecule has 12 nitrogen and oxygen atoms in total. The van der Waals surface area contributed by atoms with E-state index in [2.05, 4.69) is 20.1 Å². The van der Waals surface area contributed by atoms with Crippen molar-refractivity contribution in [2.24, 2.45) is 17.6 Å². The highest BCUT2D eigenvalue weighted by Crippen LogP contribution is 2.54. The van der Waals surface area contributed by atoms with Crippen LogP contribution in [0.2, 0.25) is 0 Å². The molecule has 10 aliphatic rings. The highest BCUT2D eigenvalue weighted by atomic mass is 16.8. The maximum Gasteiger partial charge on any atom is 0.172 e. The molecule has 52 heavy (non-hydrogen) atoms. The van der Waals surface area contributed by atoms with E-state index in [9.17, 15) is 9.90 Å². The Morgan fingerprint density at radius 1 is 0.808 bits per heavy atom. The van der Waals surface area contributed by atoms with Crippen molar-refractivity contribution in [2.45, 2.75) is 194 Å². The van der Waals surface area contributed by atoms with E-state index in [0.717, 1.165) is 56.1 Å². The van der Waals surface area contributed by atoms with Crippen LogP contribution in [0, 0.1) is 11.8 Å². The molecule has 10 saturated heterocycles. The number of carbonyl (C=O) groups is 1. The first-order valence-electron chi connectivity index (χ1n) is 20.2. The second kappa shape index (κ2) is 14.3. The van der Waals surface area contributed by atoms with Crippen molar-refractivity contribution in [1.29, 1.82) is 0 Å². The van der Waals surface area contributed by atoms with E-state index in [1.165, 1.54) is 0 Å². The highest BCUT2D eigenvalue weighted by Gasteiger charge is 2.68. The van der Waals surface area contributed by atoms with E-state index >= 15 is 0 Å². The van der Waals surface area contributed by atoms with Gasteiger partial charge in [-0.15, -0.1) is 0 Å². The van der Waals surface area contributed by atoms with E-state index in [1.54, 1.807) is 7.11 Å². The van der Waals surface area contributed by atoms with Crippen LogP contribution < -0.4 is 5.73 Å². The van der Waals surface area contributed by atoms with Crippen molar-refractivity contribution >= 4 is 5.78 Å². The lowest BCUT2D eigenvalue weighted by atomic mass is 9.81. The number of Topliss-reactive ketones (excluding diaryl/α,β-unsaturated/α-hetero) is 1. The molecule has 1 spiro atoms. The summed E-state index contributed by atoms with van der Waals surface area (Å²) in [6.07, 6.45) is 4.85. The van der Waals surface area contributed by atoms with E-state index in [-0.39, 0.29) is 122 Å². The van der Waals surface area contributed by atoms with Crippen LogP contribution in [0.1, 0.15) is 90.4 Å². The third-order valence-corrected chi connectivity index (χ3v) is 14.0. The summed E-state index contributed by atoms with van der Waals surface area (Å²) in [6, 6.07) is 0. The van der Waals surface area contributed by atoms with E-state index in [0.29, 0.717) is 25.7 Å². The summed E-state index contributed by atoms with van der Waals surface area (Å²) < 4.78 is 60.0. The monoisotopic (exact) mass is 729 g/mol. The summed E-state index contributed by atoms with van der Waals surface area (Å²) in [5.74, 6) is -0.619. The fraction of sp³-hybridized carbons (Fsp3) is 0.875. The first-order valence-corrected chi connectivity index (χ1v) is 20.2. The summed E-state index contributed by atoms with van der Waals surface area (Å²) in [4.78, 5) is 14.1. The number of fused-ring (bicyclic) bond motifs is 6. The minimum absolute atomic E-state index is 0.0158. The summed E-state index contributed by atoms with van der Waals surface area (Å²) in [7, 11) is 1.66. The summed E-state index contributed by atoms with van der Waals surface area (Å²) >= 11 is 0. The fourth-order valence-electron chi connectivity index (χ4n) is 11.3. The smallest absolute Gasteiger partial charge is 0.172 e. The van der Waals surface area contributed by atoms with Crippen molar-refractivity contribution in [2.75, 3.05) is 13.7 Å². The maximum atomic E-state index is 14.1. The SMILES string of the molecule is C=C1CC2CC[C@@]34C[C@H]5O[C@H]6[C@@H](O3)[C@H]3OC(CC[C@@H]3O[C@H]6[C@H]5O4)CC(=O)C[C@H]3C(CC4O[C@@H](CCC1O2)C[C@@H](C)C4=C)O[C@H](C[C@H](O)CN)[C@@H]3OC. The van der Waals surface area contributed by atoms with Gasteiger partial charge in [-0.2, -0.15) is 0 Å². The first kappa shape index (κ1) is 36.4. The van der Waals surface area contributed by atoms with Gasteiger partial charge in [0.2, 0.25) is 0 Å². The van der Waals surface area contributed by atoms with Gasteiger partial charge in [0.05, 0.1) is 67.1 Å². The minimum Gasteiger partial charge on any atom is -0.392 e. The molecule has 5 unspecified atom stereocenters. The normalized spacial score (nSPS) is 52.4. The second-order valence-electron chi connectivity index (χ2n) is 17.4. The lowest BCUT2D eigenvalue weighted by Crippen LogP contribution is -2.61. The molecule has 19 atom stereocenters. The zero-order valence-electron chi connectivity index (χ0n) is 30.8. The molecule has 10 aliphatic heterocycles. The Morgan fingerprint density at radius 3 is 2.38 bits per heavy atom. The molecule has 12 heteroatoms. The average molecular weight is 730 g/mol. The average Bonchev–Trinajstić information content (AvgIpc) is 3.79. The lowest BCUT2D eigenvalue weighted by Gasteiger charge is -2.47. The number of aliphatic hydroxyl groups excluding tert-OH is 1. The zero-order chi connectivity index (χ0) is 35.9. The minimum atomic E-state index is -0.780. The molecule has 0 radical (unpaired) electrons. The molecular formula is C40H59NO11. The largest absolute Gasteiger partial charge is 0.392 e. The van der Waals surface area contributed by atoms with Gasteiger partial charge in [-0.05, 0) is 62.0 Å². The number of ether oxygens (including phenoxy) is 9. The summed E-state index contributed by atoms with van der Waals surface area (Å²) in [5, 5.41) is 10.5. The van der Waals surface area contributed by atoms with Gasteiger partial charge in [0.1, 0.15) is 36.3 Å². The first-order chi connectivity index (χ1) is 25.1. The standard InChI is InChI=1S/C40H59NO11/c1-19-11-24-5-7-28-20(2)12-26(45-28)9-10-40-17-33-36(51-40)37-38(50-33)39(52-40)35-29(49-37)8-6-25(47-35)13-22(42)14-27-31(16-30(46-24)21(19)3)48-32(34(27)44-4)15-23(43)18-41/h19,23-39,43H,2-3,5-18,41H2,1,4H3/t19-,23+,24+,25?,26?,27+,28?,29+,30?,31?,32-,33-,34-,35+,36+,37+,38-,39+,40+/m1/s1. The number of rotatable bonds is 4. The number of ketones is 1. The van der Waals surface area contributed by atoms with Gasteiger partial charge in [0, 0.05) is 58.1 Å². The predicted molar refractivity (Wildman–Crippen MR) is 186 cm³/mol. The zero-order valence-corrected chi connectivity index (χ0v) is 30.8. The molecule has 12 bridgehead atoms. The van der Waals surface area contributed by atoms with E-state index in [1.807, 2.05) is 0 Å². The molecular weight excluding hydrogens is 670 g/mol. The topological polar surface area (TPSA) is 146 Å². The van der Waals surface area contributed by atoms with Crippen LogP contribution in [0.5, 0.6) is 0 Å². The Kier molecular flexibility index (Phi) is 10.0. The number of carbonyl (C=O) groups excluding carboxylic acids is 1. The molecule has 0 aromatic carbocycles. The Balaban J connectivity index is 0.994. The molecule has 10 rings (SSSR count). The van der Waals surface area contributed by atoms with E-state index < -0.39 is 18.0 Å². The Hall–Kier alpha value is -1.29. The van der Waals surface area contributed by atoms with Crippen LogP contribution >= 0.6 is 0 Å². The summed E-state index contributed by atoms with van der Waals surface area (Å²) in [6.45, 7) is 11.3. The molecule has 10 fully saturated rings. The van der Waals surface area contributed by atoms with E-state index in [4.69, 9.17) is 48.4 Å². The van der Waals surface area contributed by atoms with Crippen molar-refractivity contribution in [3.8, 4) is 0 Å². The van der Waals surface area contributed by atoms with Gasteiger partial charge < -0.3 is 53.5 Å². The molecule has 0 aromatic heterocycles. The number of methoxy groups -OCH3 is 1. The van der Waals surface area contributed by atoms with Crippen LogP contribution in [-0.4, -0.2) is 128 Å². The molecule has 3 N–H and O–H groups in total. The Bertz CT molecular complexity index is 1380. The van der Waals surface area contributed by atoms with Gasteiger partial charge in [0.15, 0.2) is 5.79 Å². The van der Waals surface area contributed by atoms with Gasteiger partial charge in [-0.3, -0.25) is 4.79 Å². The third-order valence-electron chi connectivity index (χ3n) is 14.0. The van der Waals surface area contributed by atoms with Crippen LogP contribution in [-0.2, 0) is 47.4 Å². The number of hydrogen-bond acceptors (Lipinski definition) is 12. The molecule has 0 saturated carbocycles. The van der Waals surface area contributed by atoms with Gasteiger partial charge in [-0.25, -0.2) is 0 Å². The predicted octanol–water partition coefficient (Wildman–Crippen LogP) is 3.44. The molecule has 0 aromatic rings. The molecule has 290 valence electrons. The number of aliphatic hydroxyl groups is 1. The Labute approximate surface area is 307 Å².